The van der Waals surface area contributed by atoms with Gasteiger partial charge in [-0.3, -0.25) is 9.59 Å². The molecular formula is C25H30FN3O3. The van der Waals surface area contributed by atoms with Crippen LogP contribution < -0.4 is 9.64 Å². The van der Waals surface area contributed by atoms with Gasteiger partial charge < -0.3 is 19.4 Å². The van der Waals surface area contributed by atoms with Crippen LogP contribution in [0, 0.1) is 11.7 Å². The first-order chi connectivity index (χ1) is 15.6. The van der Waals surface area contributed by atoms with Crippen LogP contribution in [0.2, 0.25) is 0 Å². The fraction of sp³-hybridized carbons (Fsp3) is 0.440. The molecule has 1 unspecified atom stereocenters. The maximum atomic E-state index is 13.2. The third-order valence-electron chi connectivity index (χ3n) is 6.23. The molecule has 0 saturated carbocycles. The summed E-state index contributed by atoms with van der Waals surface area (Å²) in [5, 5.41) is 0. The number of benzene rings is 2. The molecule has 2 amide bonds. The summed E-state index contributed by atoms with van der Waals surface area (Å²) in [7, 11) is 0. The molecule has 0 radical (unpaired) electrons. The smallest absolute Gasteiger partial charge is 0.227 e. The van der Waals surface area contributed by atoms with Crippen molar-refractivity contribution in [3.05, 3.63) is 60.4 Å². The van der Waals surface area contributed by atoms with E-state index in [-0.39, 0.29) is 23.5 Å². The number of para-hydroxylation sites is 1. The molecule has 2 heterocycles. The van der Waals surface area contributed by atoms with Crippen LogP contribution in [0.15, 0.2) is 54.6 Å². The fourth-order valence-corrected chi connectivity index (χ4v) is 4.43. The Morgan fingerprint density at radius 1 is 0.906 bits per heavy atom. The summed E-state index contributed by atoms with van der Waals surface area (Å²) >= 11 is 0. The van der Waals surface area contributed by atoms with Gasteiger partial charge in [0.2, 0.25) is 11.8 Å². The first kappa shape index (κ1) is 22.1. The second-order valence-electron chi connectivity index (χ2n) is 8.38. The molecule has 32 heavy (non-hydrogen) atoms. The van der Waals surface area contributed by atoms with Crippen molar-refractivity contribution in [2.75, 3.05) is 50.8 Å². The Balaban J connectivity index is 1.23. The highest BCUT2D eigenvalue weighted by Crippen LogP contribution is 2.22. The Morgan fingerprint density at radius 3 is 2.34 bits per heavy atom. The third kappa shape index (κ3) is 5.58. The van der Waals surface area contributed by atoms with Gasteiger partial charge in [-0.2, -0.15) is 0 Å². The molecule has 2 saturated heterocycles. The Morgan fingerprint density at radius 2 is 1.62 bits per heavy atom. The van der Waals surface area contributed by atoms with Crippen LogP contribution in [-0.2, 0) is 9.59 Å². The minimum atomic E-state index is -0.245. The fourth-order valence-electron chi connectivity index (χ4n) is 4.43. The molecule has 4 rings (SSSR count). The van der Waals surface area contributed by atoms with Crippen molar-refractivity contribution in [3.63, 3.8) is 0 Å². The van der Waals surface area contributed by atoms with E-state index in [4.69, 9.17) is 4.74 Å². The first-order valence-electron chi connectivity index (χ1n) is 11.3. The number of nitrogens with zero attached hydrogens (tertiary/aromatic N) is 3. The van der Waals surface area contributed by atoms with Crippen LogP contribution >= 0.6 is 0 Å². The molecule has 2 aliphatic rings. The standard InChI is InChI=1S/C25H30FN3O3/c26-21-8-10-22(11-9-21)27-14-16-28(17-15-27)25(31)20-5-4-13-29(19-20)24(30)12-18-32-23-6-2-1-3-7-23/h1-3,6-11,20H,4-5,12-19H2. The second-order valence-corrected chi connectivity index (χ2v) is 8.38. The van der Waals surface area contributed by atoms with Crippen LogP contribution in [0.25, 0.3) is 0 Å². The summed E-state index contributed by atoms with van der Waals surface area (Å²) in [6, 6.07) is 15.9. The van der Waals surface area contributed by atoms with E-state index in [9.17, 15) is 14.0 Å². The lowest BCUT2D eigenvalue weighted by Gasteiger charge is -2.39. The molecule has 2 aromatic rings. The van der Waals surface area contributed by atoms with Crippen molar-refractivity contribution in [1.82, 2.24) is 9.80 Å². The predicted octanol–water partition coefficient (Wildman–Crippen LogP) is 3.18. The average molecular weight is 440 g/mol. The first-order valence-corrected chi connectivity index (χ1v) is 11.3. The number of hydrogen-bond donors (Lipinski definition) is 0. The number of carbonyl (C=O) groups is 2. The highest BCUT2D eigenvalue weighted by Gasteiger charge is 2.32. The van der Waals surface area contributed by atoms with Gasteiger partial charge in [0.05, 0.1) is 18.9 Å². The van der Waals surface area contributed by atoms with Crippen LogP contribution in [0.1, 0.15) is 19.3 Å². The molecule has 2 aliphatic heterocycles. The van der Waals surface area contributed by atoms with Crippen LogP contribution in [-0.4, -0.2) is 67.5 Å². The van der Waals surface area contributed by atoms with Crippen molar-refractivity contribution < 1.29 is 18.7 Å². The number of hydrogen-bond acceptors (Lipinski definition) is 4. The Bertz CT molecular complexity index is 898. The quantitative estimate of drug-likeness (QED) is 0.694. The van der Waals surface area contributed by atoms with Gasteiger partial charge in [-0.1, -0.05) is 18.2 Å². The van der Waals surface area contributed by atoms with Gasteiger partial charge in [0.1, 0.15) is 11.6 Å². The van der Waals surface area contributed by atoms with Crippen molar-refractivity contribution in [1.29, 1.82) is 0 Å². The molecule has 0 aliphatic carbocycles. The zero-order chi connectivity index (χ0) is 22.3. The Hall–Kier alpha value is -3.09. The topological polar surface area (TPSA) is 53.1 Å². The highest BCUT2D eigenvalue weighted by molar-refractivity contribution is 5.81. The molecule has 0 spiro atoms. The Kier molecular flexibility index (Phi) is 7.24. The van der Waals surface area contributed by atoms with Gasteiger partial charge in [0.25, 0.3) is 0 Å². The van der Waals surface area contributed by atoms with E-state index in [0.29, 0.717) is 39.2 Å². The minimum absolute atomic E-state index is 0.0413. The number of carbonyl (C=O) groups excluding carboxylic acids is 2. The maximum Gasteiger partial charge on any atom is 0.227 e. The summed E-state index contributed by atoms with van der Waals surface area (Å²) in [6.45, 7) is 4.26. The number of anilines is 1. The van der Waals surface area contributed by atoms with E-state index in [0.717, 1.165) is 37.4 Å². The van der Waals surface area contributed by atoms with E-state index in [1.165, 1.54) is 12.1 Å². The number of piperidine rings is 1. The zero-order valence-electron chi connectivity index (χ0n) is 18.3. The van der Waals surface area contributed by atoms with Crippen LogP contribution in [0.4, 0.5) is 10.1 Å². The van der Waals surface area contributed by atoms with Gasteiger partial charge in [-0.05, 0) is 49.2 Å². The molecule has 2 aromatic carbocycles. The molecule has 7 heteroatoms. The van der Waals surface area contributed by atoms with Crippen LogP contribution in [0.5, 0.6) is 5.75 Å². The zero-order valence-corrected chi connectivity index (χ0v) is 18.3. The number of piperazine rings is 1. The van der Waals surface area contributed by atoms with Gasteiger partial charge in [-0.25, -0.2) is 4.39 Å². The van der Waals surface area contributed by atoms with E-state index in [1.54, 1.807) is 12.1 Å². The highest BCUT2D eigenvalue weighted by atomic mass is 19.1. The molecular weight excluding hydrogens is 409 g/mol. The summed E-state index contributed by atoms with van der Waals surface area (Å²) in [5.41, 5.74) is 0.977. The van der Waals surface area contributed by atoms with E-state index in [2.05, 4.69) is 4.90 Å². The normalized spacial score (nSPS) is 19.0. The van der Waals surface area contributed by atoms with Gasteiger partial charge in [-0.15, -0.1) is 0 Å². The Labute approximate surface area is 188 Å². The molecule has 170 valence electrons. The van der Waals surface area contributed by atoms with Gasteiger partial charge in [0.15, 0.2) is 0 Å². The number of ether oxygens (including phenoxy) is 1. The summed E-state index contributed by atoms with van der Waals surface area (Å²) in [4.78, 5) is 31.6. The van der Waals surface area contributed by atoms with E-state index >= 15 is 0 Å². The predicted molar refractivity (Wildman–Crippen MR) is 121 cm³/mol. The van der Waals surface area contributed by atoms with Crippen molar-refractivity contribution in [3.8, 4) is 5.75 Å². The molecule has 0 aromatic heterocycles. The summed E-state index contributed by atoms with van der Waals surface area (Å²) in [5.74, 6) is 0.554. The molecule has 0 N–H and O–H groups in total. The van der Waals surface area contributed by atoms with Crippen molar-refractivity contribution in [2.45, 2.75) is 19.3 Å². The molecule has 6 nitrogen and oxygen atoms in total. The largest absolute Gasteiger partial charge is 0.493 e. The number of amides is 2. The minimum Gasteiger partial charge on any atom is -0.493 e. The number of likely N-dealkylation sites (tertiary alicyclic amines) is 1. The van der Waals surface area contributed by atoms with Crippen molar-refractivity contribution >= 4 is 17.5 Å². The third-order valence-corrected chi connectivity index (χ3v) is 6.23. The SMILES string of the molecule is O=C(CCOc1ccccc1)N1CCCC(C(=O)N2CCN(c3ccc(F)cc3)CC2)C1. The van der Waals surface area contributed by atoms with Gasteiger partial charge >= 0.3 is 0 Å². The number of rotatable bonds is 6. The lowest BCUT2D eigenvalue weighted by atomic mass is 9.96. The second kappa shape index (κ2) is 10.5. The lowest BCUT2D eigenvalue weighted by molar-refractivity contribution is -0.141. The molecule has 0 bridgehead atoms. The molecule has 1 atom stereocenters. The van der Waals surface area contributed by atoms with Crippen LogP contribution in [0.3, 0.4) is 0 Å². The summed E-state index contributed by atoms with van der Waals surface area (Å²) in [6.07, 6.45) is 1.98. The average Bonchev–Trinajstić information content (AvgIpc) is 2.85. The maximum absolute atomic E-state index is 13.2. The molecule has 2 fully saturated rings. The van der Waals surface area contributed by atoms with E-state index < -0.39 is 0 Å². The van der Waals surface area contributed by atoms with Gasteiger partial charge in [0, 0.05) is 45.0 Å². The summed E-state index contributed by atoms with van der Waals surface area (Å²) < 4.78 is 18.8. The monoisotopic (exact) mass is 439 g/mol. The number of halogens is 1. The van der Waals surface area contributed by atoms with Crippen molar-refractivity contribution in [2.24, 2.45) is 5.92 Å². The lowest BCUT2D eigenvalue weighted by Crippen LogP contribution is -2.53. The van der Waals surface area contributed by atoms with E-state index in [1.807, 2.05) is 40.1 Å².